The minimum absolute atomic E-state index is 0.0312. The van der Waals surface area contributed by atoms with Crippen LogP contribution in [0.4, 0.5) is 11.4 Å². The summed E-state index contributed by atoms with van der Waals surface area (Å²) in [7, 11) is 0. The van der Waals surface area contributed by atoms with Gasteiger partial charge in [0.1, 0.15) is 12.1 Å². The molecule has 0 saturated carbocycles. The monoisotopic (exact) mass is 335 g/mol. The van der Waals surface area contributed by atoms with Crippen LogP contribution >= 0.6 is 0 Å². The molecule has 2 aromatic rings. The van der Waals surface area contributed by atoms with Crippen LogP contribution in [0.3, 0.4) is 0 Å². The van der Waals surface area contributed by atoms with E-state index in [0.717, 1.165) is 5.56 Å². The molecular weight excluding hydrogens is 318 g/mol. The van der Waals surface area contributed by atoms with Crippen molar-refractivity contribution in [1.82, 2.24) is 4.90 Å². The third-order valence-corrected chi connectivity index (χ3v) is 4.55. The van der Waals surface area contributed by atoms with Crippen molar-refractivity contribution in [2.45, 2.75) is 19.0 Å². The third-order valence-electron chi connectivity index (χ3n) is 4.55. The normalized spacial score (nSPS) is 24.2. The van der Waals surface area contributed by atoms with E-state index in [1.807, 2.05) is 37.3 Å². The largest absolute Gasteiger partial charge is 0.325 e. The van der Waals surface area contributed by atoms with Gasteiger partial charge < -0.3 is 5.32 Å². The molecule has 0 aromatic heterocycles. The first-order chi connectivity index (χ1) is 12.1. The number of benzene rings is 2. The van der Waals surface area contributed by atoms with Gasteiger partial charge in [-0.1, -0.05) is 35.9 Å². The highest BCUT2D eigenvalue weighted by molar-refractivity contribution is 6.28. The van der Waals surface area contributed by atoms with Crippen molar-refractivity contribution in [2.75, 3.05) is 16.8 Å². The second kappa shape index (κ2) is 5.82. The average Bonchev–Trinajstić information content (AvgIpc) is 3.23. The summed E-state index contributed by atoms with van der Waals surface area (Å²) in [6.45, 7) is 1.98. The molecule has 2 aromatic carbocycles. The topological polar surface area (TPSA) is 69.5 Å². The maximum atomic E-state index is 12.5. The summed E-state index contributed by atoms with van der Waals surface area (Å²) in [5.41, 5.74) is 2.34. The Balaban J connectivity index is 1.41. The van der Waals surface area contributed by atoms with E-state index in [4.69, 9.17) is 0 Å². The fourth-order valence-electron chi connectivity index (χ4n) is 3.24. The fourth-order valence-corrected chi connectivity index (χ4v) is 3.24. The molecule has 0 aliphatic carbocycles. The number of carbonyl (C=O) groups excluding carboxylic acids is 3. The lowest BCUT2D eigenvalue weighted by molar-refractivity contribution is -0.124. The van der Waals surface area contributed by atoms with E-state index in [0.29, 0.717) is 11.4 Å². The summed E-state index contributed by atoms with van der Waals surface area (Å²) in [6.07, 6.45) is 0. The van der Waals surface area contributed by atoms with Crippen LogP contribution in [0.1, 0.15) is 5.56 Å². The minimum atomic E-state index is -0.518. The highest BCUT2D eigenvalue weighted by Crippen LogP contribution is 2.39. The van der Waals surface area contributed by atoms with Crippen LogP contribution in [-0.4, -0.2) is 41.2 Å². The standard InChI is InChI=1S/C19H17N3O3/c1-12-7-9-14(10-8-12)22-18(24)16-17(19(22)25)21(16)11-15(23)20-13-5-3-2-4-6-13/h2-10,16-17H,11H2,1H3,(H,20,23)/t16-,17-/m0/s1. The first kappa shape index (κ1) is 15.5. The molecule has 0 spiro atoms. The number of aryl methyl sites for hydroxylation is 1. The molecule has 2 aliphatic rings. The summed E-state index contributed by atoms with van der Waals surface area (Å²) < 4.78 is 0. The molecule has 2 aliphatic heterocycles. The third kappa shape index (κ3) is 2.70. The molecule has 0 unspecified atom stereocenters. The van der Waals surface area contributed by atoms with E-state index >= 15 is 0 Å². The van der Waals surface area contributed by atoms with Crippen LogP contribution in [0.5, 0.6) is 0 Å². The second-order valence-corrected chi connectivity index (χ2v) is 6.32. The van der Waals surface area contributed by atoms with Gasteiger partial charge in [-0.2, -0.15) is 0 Å². The van der Waals surface area contributed by atoms with Crippen molar-refractivity contribution in [3.05, 3.63) is 60.2 Å². The number of fused-ring (bicyclic) bond motifs is 1. The van der Waals surface area contributed by atoms with Crippen LogP contribution in [0.15, 0.2) is 54.6 Å². The molecule has 2 atom stereocenters. The number of nitrogens with zero attached hydrogens (tertiary/aromatic N) is 2. The number of carbonyl (C=O) groups is 3. The fraction of sp³-hybridized carbons (Fsp3) is 0.211. The van der Waals surface area contributed by atoms with Gasteiger partial charge in [0.2, 0.25) is 5.91 Å². The summed E-state index contributed by atoms with van der Waals surface area (Å²) in [5, 5.41) is 2.76. The lowest BCUT2D eigenvalue weighted by atomic mass is 10.2. The quantitative estimate of drug-likeness (QED) is 0.680. The Morgan fingerprint density at radius 1 is 0.960 bits per heavy atom. The number of piperazine rings is 1. The number of nitrogens with one attached hydrogen (secondary N) is 1. The van der Waals surface area contributed by atoms with E-state index in [-0.39, 0.29) is 24.3 Å². The van der Waals surface area contributed by atoms with Crippen molar-refractivity contribution in [3.63, 3.8) is 0 Å². The van der Waals surface area contributed by atoms with Crippen LogP contribution in [0, 0.1) is 6.92 Å². The Morgan fingerprint density at radius 2 is 1.56 bits per heavy atom. The Labute approximate surface area is 145 Å². The van der Waals surface area contributed by atoms with Gasteiger partial charge in [-0.25, -0.2) is 4.90 Å². The molecule has 6 nitrogen and oxygen atoms in total. The molecule has 0 bridgehead atoms. The highest BCUT2D eigenvalue weighted by Gasteiger charge is 2.66. The Hall–Kier alpha value is -2.99. The van der Waals surface area contributed by atoms with Gasteiger partial charge in [-0.3, -0.25) is 19.3 Å². The maximum absolute atomic E-state index is 12.5. The zero-order chi connectivity index (χ0) is 17.6. The Bertz CT molecular complexity index is 826. The molecular formula is C19H17N3O3. The second-order valence-electron chi connectivity index (χ2n) is 6.32. The van der Waals surface area contributed by atoms with Crippen LogP contribution in [-0.2, 0) is 14.4 Å². The maximum Gasteiger partial charge on any atom is 0.253 e. The summed E-state index contributed by atoms with van der Waals surface area (Å²) >= 11 is 0. The van der Waals surface area contributed by atoms with Crippen LogP contribution < -0.4 is 10.2 Å². The molecule has 3 amide bonds. The summed E-state index contributed by atoms with van der Waals surface area (Å²) in [6, 6.07) is 15.3. The molecule has 6 heteroatoms. The van der Waals surface area contributed by atoms with Gasteiger partial charge in [-0.05, 0) is 31.2 Å². The molecule has 25 heavy (non-hydrogen) atoms. The van der Waals surface area contributed by atoms with Gasteiger partial charge in [-0.15, -0.1) is 0 Å². The number of hydrogen-bond acceptors (Lipinski definition) is 4. The average molecular weight is 335 g/mol. The van der Waals surface area contributed by atoms with Crippen LogP contribution in [0.25, 0.3) is 0 Å². The Kier molecular flexibility index (Phi) is 3.62. The molecule has 2 fully saturated rings. The minimum Gasteiger partial charge on any atom is -0.325 e. The molecule has 0 radical (unpaired) electrons. The molecule has 2 heterocycles. The zero-order valence-corrected chi connectivity index (χ0v) is 13.7. The molecule has 4 rings (SSSR count). The highest BCUT2D eigenvalue weighted by atomic mass is 16.2. The van der Waals surface area contributed by atoms with Gasteiger partial charge in [0.15, 0.2) is 0 Å². The van der Waals surface area contributed by atoms with E-state index < -0.39 is 12.1 Å². The number of para-hydroxylation sites is 1. The predicted molar refractivity (Wildman–Crippen MR) is 93.0 cm³/mol. The molecule has 2 saturated heterocycles. The number of amides is 3. The van der Waals surface area contributed by atoms with Crippen molar-refractivity contribution >= 4 is 29.1 Å². The summed E-state index contributed by atoms with van der Waals surface area (Å²) in [4.78, 5) is 40.0. The summed E-state index contributed by atoms with van der Waals surface area (Å²) in [5.74, 6) is -0.749. The van der Waals surface area contributed by atoms with E-state index in [9.17, 15) is 14.4 Å². The SMILES string of the molecule is Cc1ccc(N2C(=O)[C@@H]3[C@@H](C2=O)N3CC(=O)Nc2ccccc2)cc1. The number of hydrogen-bond donors (Lipinski definition) is 1. The molecule has 1 N–H and O–H groups in total. The number of rotatable bonds is 4. The first-order valence-corrected chi connectivity index (χ1v) is 8.11. The van der Waals surface area contributed by atoms with E-state index in [1.54, 1.807) is 29.2 Å². The van der Waals surface area contributed by atoms with Gasteiger partial charge in [0.05, 0.1) is 12.2 Å². The first-order valence-electron chi connectivity index (χ1n) is 8.11. The molecule has 126 valence electrons. The van der Waals surface area contributed by atoms with Crippen molar-refractivity contribution in [1.29, 1.82) is 0 Å². The lowest BCUT2D eigenvalue weighted by Gasteiger charge is -2.19. The number of anilines is 2. The smallest absolute Gasteiger partial charge is 0.253 e. The Morgan fingerprint density at radius 3 is 2.16 bits per heavy atom. The van der Waals surface area contributed by atoms with Crippen molar-refractivity contribution in [3.8, 4) is 0 Å². The zero-order valence-electron chi connectivity index (χ0n) is 13.7. The van der Waals surface area contributed by atoms with Gasteiger partial charge in [0.25, 0.3) is 11.8 Å². The van der Waals surface area contributed by atoms with Gasteiger partial charge >= 0.3 is 0 Å². The van der Waals surface area contributed by atoms with E-state index in [2.05, 4.69) is 5.32 Å². The van der Waals surface area contributed by atoms with Crippen molar-refractivity contribution < 1.29 is 14.4 Å². The van der Waals surface area contributed by atoms with Crippen molar-refractivity contribution in [2.24, 2.45) is 0 Å². The van der Waals surface area contributed by atoms with E-state index in [1.165, 1.54) is 4.90 Å². The number of imide groups is 1. The van der Waals surface area contributed by atoms with Crippen LogP contribution in [0.2, 0.25) is 0 Å². The predicted octanol–water partition coefficient (Wildman–Crippen LogP) is 1.56. The lowest BCUT2D eigenvalue weighted by Crippen LogP contribution is -2.40. The van der Waals surface area contributed by atoms with Gasteiger partial charge in [0, 0.05) is 5.69 Å².